The highest BCUT2D eigenvalue weighted by Gasteiger charge is 2.18. The quantitative estimate of drug-likeness (QED) is 0.611. The van der Waals surface area contributed by atoms with Crippen molar-refractivity contribution >= 4 is 17.5 Å². The molecule has 0 aromatic heterocycles. The first kappa shape index (κ1) is 19.0. The SMILES string of the molecule is Cc1ccc(CNC(=O)C(C)NC(=O)c2cccc([N+](=O)[O-])c2)cc1F. The van der Waals surface area contributed by atoms with Crippen LogP contribution in [0.3, 0.4) is 0 Å². The van der Waals surface area contributed by atoms with E-state index in [4.69, 9.17) is 0 Å². The number of hydrogen-bond acceptors (Lipinski definition) is 4. The lowest BCUT2D eigenvalue weighted by Gasteiger charge is -2.14. The summed E-state index contributed by atoms with van der Waals surface area (Å²) in [5.41, 5.74) is 0.979. The minimum Gasteiger partial charge on any atom is -0.350 e. The number of aryl methyl sites for hydroxylation is 1. The predicted molar refractivity (Wildman–Crippen MR) is 93.0 cm³/mol. The van der Waals surface area contributed by atoms with E-state index in [0.29, 0.717) is 11.1 Å². The zero-order valence-electron chi connectivity index (χ0n) is 14.3. The number of rotatable bonds is 6. The van der Waals surface area contributed by atoms with Crippen molar-refractivity contribution < 1.29 is 18.9 Å². The van der Waals surface area contributed by atoms with Gasteiger partial charge in [-0.1, -0.05) is 18.2 Å². The maximum atomic E-state index is 13.5. The minimum atomic E-state index is -0.864. The molecule has 2 aromatic carbocycles. The summed E-state index contributed by atoms with van der Waals surface area (Å²) >= 11 is 0. The van der Waals surface area contributed by atoms with Crippen LogP contribution in [-0.2, 0) is 11.3 Å². The minimum absolute atomic E-state index is 0.0828. The molecule has 7 nitrogen and oxygen atoms in total. The largest absolute Gasteiger partial charge is 0.350 e. The van der Waals surface area contributed by atoms with Gasteiger partial charge in [-0.25, -0.2) is 4.39 Å². The highest BCUT2D eigenvalue weighted by molar-refractivity contribution is 5.97. The Bertz CT molecular complexity index is 854. The predicted octanol–water partition coefficient (Wildman–Crippen LogP) is 2.48. The number of halogens is 1. The molecule has 0 heterocycles. The monoisotopic (exact) mass is 359 g/mol. The van der Waals surface area contributed by atoms with Crippen molar-refractivity contribution in [1.29, 1.82) is 0 Å². The lowest BCUT2D eigenvalue weighted by atomic mass is 10.1. The Morgan fingerprint density at radius 1 is 1.23 bits per heavy atom. The molecule has 2 N–H and O–H groups in total. The van der Waals surface area contributed by atoms with E-state index in [9.17, 15) is 24.1 Å². The van der Waals surface area contributed by atoms with E-state index in [-0.39, 0.29) is 23.6 Å². The molecule has 136 valence electrons. The van der Waals surface area contributed by atoms with Crippen molar-refractivity contribution in [2.75, 3.05) is 0 Å². The standard InChI is InChI=1S/C18H18FN3O4/c1-11-6-7-13(8-16(11)19)10-20-17(23)12(2)21-18(24)14-4-3-5-15(9-14)22(25)26/h3-9,12H,10H2,1-2H3,(H,20,23)(H,21,24). The van der Waals surface area contributed by atoms with E-state index in [1.165, 1.54) is 31.2 Å². The van der Waals surface area contributed by atoms with Crippen LogP contribution in [0, 0.1) is 22.9 Å². The summed E-state index contributed by atoms with van der Waals surface area (Å²) in [7, 11) is 0. The molecular formula is C18H18FN3O4. The third kappa shape index (κ3) is 4.85. The number of nitrogens with one attached hydrogen (secondary N) is 2. The van der Waals surface area contributed by atoms with Gasteiger partial charge in [-0.05, 0) is 37.1 Å². The zero-order valence-corrected chi connectivity index (χ0v) is 14.3. The molecule has 0 radical (unpaired) electrons. The van der Waals surface area contributed by atoms with Gasteiger partial charge in [-0.3, -0.25) is 19.7 Å². The number of non-ortho nitro benzene ring substituents is 1. The van der Waals surface area contributed by atoms with Crippen LogP contribution in [-0.4, -0.2) is 22.8 Å². The first-order valence-electron chi connectivity index (χ1n) is 7.86. The Kier molecular flexibility index (Phi) is 6.00. The molecule has 0 spiro atoms. The van der Waals surface area contributed by atoms with Crippen LogP contribution < -0.4 is 10.6 Å². The number of hydrogen-bond donors (Lipinski definition) is 2. The Morgan fingerprint density at radius 3 is 2.62 bits per heavy atom. The van der Waals surface area contributed by atoms with E-state index in [2.05, 4.69) is 10.6 Å². The smallest absolute Gasteiger partial charge is 0.270 e. The fourth-order valence-electron chi connectivity index (χ4n) is 2.19. The molecular weight excluding hydrogens is 341 g/mol. The van der Waals surface area contributed by atoms with Crippen LogP contribution in [0.15, 0.2) is 42.5 Å². The van der Waals surface area contributed by atoms with Crippen molar-refractivity contribution in [1.82, 2.24) is 10.6 Å². The summed E-state index contributed by atoms with van der Waals surface area (Å²) in [5.74, 6) is -1.41. The Balaban J connectivity index is 1.93. The number of nitro benzene ring substituents is 1. The van der Waals surface area contributed by atoms with Crippen molar-refractivity contribution in [2.24, 2.45) is 0 Å². The van der Waals surface area contributed by atoms with Gasteiger partial charge in [0.25, 0.3) is 11.6 Å². The number of nitro groups is 1. The van der Waals surface area contributed by atoms with Gasteiger partial charge in [0, 0.05) is 24.2 Å². The van der Waals surface area contributed by atoms with Crippen molar-refractivity contribution in [3.05, 3.63) is 75.1 Å². The lowest BCUT2D eigenvalue weighted by Crippen LogP contribution is -2.44. The number of benzene rings is 2. The topological polar surface area (TPSA) is 101 Å². The van der Waals surface area contributed by atoms with Crippen LogP contribution in [0.4, 0.5) is 10.1 Å². The lowest BCUT2D eigenvalue weighted by molar-refractivity contribution is -0.384. The van der Waals surface area contributed by atoms with E-state index in [0.717, 1.165) is 6.07 Å². The summed E-state index contributed by atoms with van der Waals surface area (Å²) in [5, 5.41) is 15.8. The Hall–Kier alpha value is -3.29. The maximum absolute atomic E-state index is 13.5. The molecule has 0 aliphatic rings. The number of nitrogens with zero attached hydrogens (tertiary/aromatic N) is 1. The zero-order chi connectivity index (χ0) is 19.3. The second kappa shape index (κ2) is 8.19. The molecule has 8 heteroatoms. The Morgan fingerprint density at radius 2 is 1.96 bits per heavy atom. The van der Waals surface area contributed by atoms with Gasteiger partial charge in [0.1, 0.15) is 11.9 Å². The van der Waals surface area contributed by atoms with Crippen molar-refractivity contribution in [3.8, 4) is 0 Å². The molecule has 0 aliphatic carbocycles. The van der Waals surface area contributed by atoms with Crippen molar-refractivity contribution in [2.45, 2.75) is 26.4 Å². The van der Waals surface area contributed by atoms with Crippen LogP contribution >= 0.6 is 0 Å². The Labute approximate surface area is 149 Å². The molecule has 2 rings (SSSR count). The molecule has 2 aromatic rings. The summed E-state index contributed by atoms with van der Waals surface area (Å²) in [6.45, 7) is 3.25. The third-order valence-electron chi connectivity index (χ3n) is 3.76. The number of carbonyl (C=O) groups excluding carboxylic acids is 2. The molecule has 2 amide bonds. The van der Waals surface area contributed by atoms with E-state index >= 15 is 0 Å². The van der Waals surface area contributed by atoms with Crippen LogP contribution in [0.2, 0.25) is 0 Å². The van der Waals surface area contributed by atoms with Gasteiger partial charge in [-0.2, -0.15) is 0 Å². The number of carbonyl (C=O) groups is 2. The first-order valence-corrected chi connectivity index (χ1v) is 7.86. The van der Waals surface area contributed by atoms with Gasteiger partial charge >= 0.3 is 0 Å². The maximum Gasteiger partial charge on any atom is 0.270 e. The molecule has 0 saturated carbocycles. The van der Waals surface area contributed by atoms with E-state index in [1.807, 2.05) is 0 Å². The average Bonchev–Trinajstić information content (AvgIpc) is 2.62. The first-order chi connectivity index (χ1) is 12.3. The molecule has 0 aliphatic heterocycles. The van der Waals surface area contributed by atoms with E-state index < -0.39 is 22.8 Å². The molecule has 1 unspecified atom stereocenters. The highest BCUT2D eigenvalue weighted by atomic mass is 19.1. The third-order valence-corrected chi connectivity index (χ3v) is 3.76. The van der Waals surface area contributed by atoms with Gasteiger partial charge < -0.3 is 10.6 Å². The molecule has 0 saturated heterocycles. The van der Waals surface area contributed by atoms with Gasteiger partial charge in [-0.15, -0.1) is 0 Å². The molecule has 1 atom stereocenters. The van der Waals surface area contributed by atoms with Crippen molar-refractivity contribution in [3.63, 3.8) is 0 Å². The van der Waals surface area contributed by atoms with Gasteiger partial charge in [0.05, 0.1) is 4.92 Å². The second-order valence-electron chi connectivity index (χ2n) is 5.80. The van der Waals surface area contributed by atoms with E-state index in [1.54, 1.807) is 19.1 Å². The summed E-state index contributed by atoms with van der Waals surface area (Å²) in [4.78, 5) is 34.4. The fourth-order valence-corrected chi connectivity index (χ4v) is 2.19. The average molecular weight is 359 g/mol. The summed E-state index contributed by atoms with van der Waals surface area (Å²) < 4.78 is 13.5. The van der Waals surface area contributed by atoms with Gasteiger partial charge in [0.15, 0.2) is 0 Å². The van der Waals surface area contributed by atoms with Gasteiger partial charge in [0.2, 0.25) is 5.91 Å². The van der Waals surface area contributed by atoms with Crippen LogP contribution in [0.1, 0.15) is 28.4 Å². The van der Waals surface area contributed by atoms with Crippen LogP contribution in [0.25, 0.3) is 0 Å². The van der Waals surface area contributed by atoms with Crippen LogP contribution in [0.5, 0.6) is 0 Å². The molecule has 26 heavy (non-hydrogen) atoms. The summed E-state index contributed by atoms with van der Waals surface area (Å²) in [6.07, 6.45) is 0. The number of amides is 2. The normalized spacial score (nSPS) is 11.5. The summed E-state index contributed by atoms with van der Waals surface area (Å²) in [6, 6.07) is 9.00. The second-order valence-corrected chi connectivity index (χ2v) is 5.80. The molecule has 0 bridgehead atoms. The highest BCUT2D eigenvalue weighted by Crippen LogP contribution is 2.13. The fraction of sp³-hybridized carbons (Fsp3) is 0.222. The molecule has 0 fully saturated rings.